The number of aromatic amines is 1. The van der Waals surface area contributed by atoms with Gasteiger partial charge in [-0.05, 0) is 12.1 Å². The molecule has 0 radical (unpaired) electrons. The van der Waals surface area contributed by atoms with E-state index in [0.29, 0.717) is 5.75 Å². The van der Waals surface area contributed by atoms with Gasteiger partial charge in [0.1, 0.15) is 5.52 Å². The molecule has 0 bridgehead atoms. The van der Waals surface area contributed by atoms with Crippen LogP contribution in [-0.4, -0.2) is 22.4 Å². The lowest BCUT2D eigenvalue weighted by atomic mass is 10.2. The highest BCUT2D eigenvalue weighted by atomic mass is 16.5. The molecule has 12 heavy (non-hydrogen) atoms. The Morgan fingerprint density at radius 3 is 3.08 bits per heavy atom. The van der Waals surface area contributed by atoms with E-state index >= 15 is 0 Å². The summed E-state index contributed by atoms with van der Waals surface area (Å²) in [5, 5.41) is 16.9. The Bertz CT molecular complexity index is 408. The smallest absolute Gasteiger partial charge is 0.186 e. The molecule has 2 aromatic rings. The van der Waals surface area contributed by atoms with Gasteiger partial charge in [-0.15, -0.1) is 0 Å². The number of nitrogens with one attached hydrogen (secondary N) is 1. The summed E-state index contributed by atoms with van der Waals surface area (Å²) in [5.74, 6) is 0.555. The molecule has 0 aliphatic heterocycles. The van der Waals surface area contributed by atoms with Crippen molar-refractivity contribution in [3.63, 3.8) is 0 Å². The lowest BCUT2D eigenvalue weighted by Crippen LogP contribution is -1.84. The van der Waals surface area contributed by atoms with Crippen molar-refractivity contribution >= 4 is 10.9 Å². The number of phenols is 1. The second-order valence-electron chi connectivity index (χ2n) is 2.45. The minimum Gasteiger partial charge on any atom is -0.504 e. The molecule has 0 aliphatic carbocycles. The lowest BCUT2D eigenvalue weighted by Gasteiger charge is -2.02. The van der Waals surface area contributed by atoms with Gasteiger partial charge < -0.3 is 9.84 Å². The van der Waals surface area contributed by atoms with Crippen molar-refractivity contribution < 1.29 is 9.84 Å². The number of hydrogen-bond donors (Lipinski definition) is 2. The summed E-state index contributed by atoms with van der Waals surface area (Å²) in [7, 11) is 1.51. The average Bonchev–Trinajstić information content (AvgIpc) is 2.52. The molecule has 0 fully saturated rings. The molecule has 0 spiro atoms. The monoisotopic (exact) mass is 164 g/mol. The van der Waals surface area contributed by atoms with Gasteiger partial charge in [-0.25, -0.2) is 0 Å². The van der Waals surface area contributed by atoms with Gasteiger partial charge in [0.25, 0.3) is 0 Å². The Balaban J connectivity index is 2.83. The number of rotatable bonds is 1. The quantitative estimate of drug-likeness (QED) is 0.667. The van der Waals surface area contributed by atoms with Crippen LogP contribution in [0.5, 0.6) is 11.5 Å². The number of benzene rings is 1. The molecule has 0 atom stereocenters. The SMILES string of the molecule is COc1c(O)ccc2cn[nH]c12. The zero-order valence-corrected chi connectivity index (χ0v) is 6.53. The van der Waals surface area contributed by atoms with Crippen LogP contribution < -0.4 is 4.74 Å². The van der Waals surface area contributed by atoms with Gasteiger partial charge >= 0.3 is 0 Å². The summed E-state index contributed by atoms with van der Waals surface area (Å²) in [5.41, 5.74) is 0.720. The Morgan fingerprint density at radius 2 is 2.33 bits per heavy atom. The number of H-pyrrole nitrogens is 1. The topological polar surface area (TPSA) is 58.1 Å². The maximum Gasteiger partial charge on any atom is 0.186 e. The Labute approximate surface area is 68.8 Å². The number of fused-ring (bicyclic) bond motifs is 1. The number of nitrogens with zero attached hydrogens (tertiary/aromatic N) is 1. The molecular weight excluding hydrogens is 156 g/mol. The van der Waals surface area contributed by atoms with E-state index < -0.39 is 0 Å². The largest absolute Gasteiger partial charge is 0.504 e. The third-order valence-electron chi connectivity index (χ3n) is 1.75. The van der Waals surface area contributed by atoms with Gasteiger partial charge in [0, 0.05) is 5.39 Å². The van der Waals surface area contributed by atoms with Gasteiger partial charge in [0.2, 0.25) is 0 Å². The summed E-state index contributed by atoms with van der Waals surface area (Å²) in [6.07, 6.45) is 1.68. The predicted molar refractivity (Wildman–Crippen MR) is 44.3 cm³/mol. The van der Waals surface area contributed by atoms with Crippen LogP contribution in [0.4, 0.5) is 0 Å². The van der Waals surface area contributed by atoms with Gasteiger partial charge in [0.05, 0.1) is 13.3 Å². The predicted octanol–water partition coefficient (Wildman–Crippen LogP) is 1.28. The number of methoxy groups -OCH3 is 1. The van der Waals surface area contributed by atoms with E-state index in [1.807, 2.05) is 0 Å². The van der Waals surface area contributed by atoms with Crippen LogP contribution in [0.1, 0.15) is 0 Å². The number of aromatic hydroxyl groups is 1. The van der Waals surface area contributed by atoms with E-state index in [4.69, 9.17) is 4.74 Å². The first-order chi connectivity index (χ1) is 5.83. The van der Waals surface area contributed by atoms with Crippen LogP contribution >= 0.6 is 0 Å². The third-order valence-corrected chi connectivity index (χ3v) is 1.75. The van der Waals surface area contributed by atoms with Crippen LogP contribution in [0.3, 0.4) is 0 Å². The molecule has 0 unspecified atom stereocenters. The molecule has 0 aliphatic rings. The van der Waals surface area contributed by atoms with Crippen molar-refractivity contribution in [1.29, 1.82) is 0 Å². The summed E-state index contributed by atoms with van der Waals surface area (Å²) < 4.78 is 5.00. The van der Waals surface area contributed by atoms with E-state index in [9.17, 15) is 5.11 Å². The second-order valence-corrected chi connectivity index (χ2v) is 2.45. The highest BCUT2D eigenvalue weighted by Gasteiger charge is 2.07. The van der Waals surface area contributed by atoms with Crippen LogP contribution in [0.15, 0.2) is 18.3 Å². The fourth-order valence-corrected chi connectivity index (χ4v) is 1.18. The van der Waals surface area contributed by atoms with E-state index in [1.165, 1.54) is 7.11 Å². The number of ether oxygens (including phenoxy) is 1. The molecule has 4 heteroatoms. The van der Waals surface area contributed by atoms with Gasteiger partial charge in [-0.2, -0.15) is 5.10 Å². The maximum atomic E-state index is 9.35. The highest BCUT2D eigenvalue weighted by Crippen LogP contribution is 2.32. The Kier molecular flexibility index (Phi) is 1.40. The molecule has 0 saturated heterocycles. The van der Waals surface area contributed by atoms with Crippen molar-refractivity contribution in [2.24, 2.45) is 0 Å². The van der Waals surface area contributed by atoms with Crippen molar-refractivity contribution in [3.05, 3.63) is 18.3 Å². The van der Waals surface area contributed by atoms with Crippen LogP contribution in [0, 0.1) is 0 Å². The molecule has 1 heterocycles. The zero-order valence-electron chi connectivity index (χ0n) is 6.53. The fraction of sp³-hybridized carbons (Fsp3) is 0.125. The molecule has 62 valence electrons. The van der Waals surface area contributed by atoms with Gasteiger partial charge in [0.15, 0.2) is 11.5 Å². The number of aromatic nitrogens is 2. The van der Waals surface area contributed by atoms with Crippen molar-refractivity contribution in [2.75, 3.05) is 7.11 Å². The first kappa shape index (κ1) is 6.97. The first-order valence-electron chi connectivity index (χ1n) is 3.52. The van der Waals surface area contributed by atoms with Gasteiger partial charge in [-0.3, -0.25) is 5.10 Å². The highest BCUT2D eigenvalue weighted by molar-refractivity contribution is 5.86. The number of hydrogen-bond acceptors (Lipinski definition) is 3. The maximum absolute atomic E-state index is 9.35. The molecule has 1 aromatic carbocycles. The lowest BCUT2D eigenvalue weighted by molar-refractivity contribution is 0.377. The summed E-state index contributed by atoms with van der Waals surface area (Å²) in [6.45, 7) is 0. The summed E-state index contributed by atoms with van der Waals surface area (Å²) >= 11 is 0. The average molecular weight is 164 g/mol. The van der Waals surface area contributed by atoms with Crippen LogP contribution in [0.25, 0.3) is 10.9 Å². The van der Waals surface area contributed by atoms with E-state index in [-0.39, 0.29) is 5.75 Å². The normalized spacial score (nSPS) is 10.4. The minimum absolute atomic E-state index is 0.120. The Hall–Kier alpha value is -1.71. The summed E-state index contributed by atoms with van der Waals surface area (Å²) in [4.78, 5) is 0. The fourth-order valence-electron chi connectivity index (χ4n) is 1.18. The second kappa shape index (κ2) is 2.41. The summed E-state index contributed by atoms with van der Waals surface area (Å²) in [6, 6.07) is 3.35. The minimum atomic E-state index is 0.120. The zero-order chi connectivity index (χ0) is 8.55. The molecule has 0 saturated carbocycles. The van der Waals surface area contributed by atoms with Crippen LogP contribution in [-0.2, 0) is 0 Å². The third kappa shape index (κ3) is 0.812. The molecule has 1 aromatic heterocycles. The van der Waals surface area contributed by atoms with Crippen molar-refractivity contribution in [3.8, 4) is 11.5 Å². The van der Waals surface area contributed by atoms with E-state index in [1.54, 1.807) is 18.3 Å². The molecule has 2 rings (SSSR count). The standard InChI is InChI=1S/C8H8N2O2/c1-12-8-6(11)3-2-5-4-9-10-7(5)8/h2-4,11H,1H3,(H,9,10). The first-order valence-corrected chi connectivity index (χ1v) is 3.52. The molecule has 2 N–H and O–H groups in total. The van der Waals surface area contributed by atoms with Crippen LogP contribution in [0.2, 0.25) is 0 Å². The van der Waals surface area contributed by atoms with E-state index in [2.05, 4.69) is 10.2 Å². The van der Waals surface area contributed by atoms with Crippen molar-refractivity contribution in [1.82, 2.24) is 10.2 Å². The van der Waals surface area contributed by atoms with Gasteiger partial charge in [-0.1, -0.05) is 0 Å². The Morgan fingerprint density at radius 1 is 1.50 bits per heavy atom. The molecule has 0 amide bonds. The van der Waals surface area contributed by atoms with E-state index in [0.717, 1.165) is 10.9 Å². The molecule has 4 nitrogen and oxygen atoms in total. The number of phenolic OH excluding ortho intramolecular Hbond substituents is 1. The molecular formula is C8H8N2O2. The van der Waals surface area contributed by atoms with Crippen molar-refractivity contribution in [2.45, 2.75) is 0 Å².